The highest BCUT2D eigenvalue weighted by Crippen LogP contribution is 2.24. The number of benzene rings is 1. The first kappa shape index (κ1) is 16.9. The van der Waals surface area contributed by atoms with Crippen LogP contribution >= 0.6 is 0 Å². The van der Waals surface area contributed by atoms with Gasteiger partial charge in [-0.25, -0.2) is 4.98 Å². The minimum Gasteiger partial charge on any atom is -0.354 e. The normalized spacial score (nSPS) is 17.2. The number of nitrogens with zero attached hydrogens (tertiary/aromatic N) is 3. The molecule has 1 atom stereocenters. The van der Waals surface area contributed by atoms with Crippen LogP contribution in [0.3, 0.4) is 0 Å². The molecule has 1 aromatic heterocycles. The average molecular weight is 324 g/mol. The molecule has 24 heavy (non-hydrogen) atoms. The summed E-state index contributed by atoms with van der Waals surface area (Å²) in [6.45, 7) is 9.15. The Morgan fingerprint density at radius 2 is 1.62 bits per heavy atom. The van der Waals surface area contributed by atoms with Crippen molar-refractivity contribution in [2.75, 3.05) is 37.6 Å². The van der Waals surface area contributed by atoms with Gasteiger partial charge in [0.05, 0.1) is 0 Å². The van der Waals surface area contributed by atoms with Crippen molar-refractivity contribution in [1.29, 1.82) is 0 Å². The Morgan fingerprint density at radius 3 is 2.17 bits per heavy atom. The Hall–Kier alpha value is -1.91. The van der Waals surface area contributed by atoms with Crippen LogP contribution in [0.1, 0.15) is 36.9 Å². The highest BCUT2D eigenvalue weighted by molar-refractivity contribution is 5.38. The third kappa shape index (κ3) is 3.77. The second kappa shape index (κ2) is 7.77. The molecule has 0 aliphatic carbocycles. The number of anilines is 1. The van der Waals surface area contributed by atoms with Gasteiger partial charge in [-0.3, -0.25) is 4.90 Å². The van der Waals surface area contributed by atoms with Crippen molar-refractivity contribution in [3.05, 3.63) is 59.8 Å². The van der Waals surface area contributed by atoms with Gasteiger partial charge in [-0.15, -0.1) is 0 Å². The molecule has 0 spiro atoms. The molecular formula is C20H28N4. The van der Waals surface area contributed by atoms with Crippen LogP contribution in [-0.2, 0) is 0 Å². The first-order valence-electron chi connectivity index (χ1n) is 8.89. The molecule has 2 aromatic rings. The van der Waals surface area contributed by atoms with Crippen molar-refractivity contribution in [2.24, 2.45) is 5.73 Å². The predicted octanol–water partition coefficient (Wildman–Crippen LogP) is 3.03. The zero-order valence-corrected chi connectivity index (χ0v) is 14.7. The van der Waals surface area contributed by atoms with E-state index in [-0.39, 0.29) is 0 Å². The van der Waals surface area contributed by atoms with E-state index >= 15 is 0 Å². The number of hydrogen-bond acceptors (Lipinski definition) is 4. The maximum absolute atomic E-state index is 6.11. The first-order valence-corrected chi connectivity index (χ1v) is 8.89. The summed E-state index contributed by atoms with van der Waals surface area (Å²) in [7, 11) is 0. The number of piperazine rings is 1. The van der Waals surface area contributed by atoms with Gasteiger partial charge in [0.2, 0.25) is 0 Å². The minimum atomic E-state index is 0.303. The van der Waals surface area contributed by atoms with E-state index in [1.807, 2.05) is 18.3 Å². The summed E-state index contributed by atoms with van der Waals surface area (Å²) in [6, 6.07) is 15.4. The molecule has 128 valence electrons. The van der Waals surface area contributed by atoms with Gasteiger partial charge in [0.1, 0.15) is 5.82 Å². The topological polar surface area (TPSA) is 45.4 Å². The first-order chi connectivity index (χ1) is 11.7. The van der Waals surface area contributed by atoms with Crippen molar-refractivity contribution in [2.45, 2.75) is 25.8 Å². The number of nitrogens with two attached hydrogens (primary N) is 1. The molecule has 4 nitrogen and oxygen atoms in total. The molecule has 0 saturated carbocycles. The molecule has 1 aromatic carbocycles. The van der Waals surface area contributed by atoms with Crippen LogP contribution in [0.5, 0.6) is 0 Å². The average Bonchev–Trinajstić information content (AvgIpc) is 2.64. The zero-order valence-electron chi connectivity index (χ0n) is 14.7. The molecule has 1 fully saturated rings. The van der Waals surface area contributed by atoms with E-state index in [0.29, 0.717) is 18.5 Å². The third-order valence-electron chi connectivity index (χ3n) is 4.94. The van der Waals surface area contributed by atoms with Crippen LogP contribution in [-0.4, -0.2) is 42.6 Å². The molecule has 1 aliphatic rings. The smallest absolute Gasteiger partial charge is 0.128 e. The molecule has 0 radical (unpaired) electrons. The SMILES string of the molecule is CC(C)c1ccc(C(CN)N2CCN(c3ccccn3)CC2)cc1. The largest absolute Gasteiger partial charge is 0.354 e. The lowest BCUT2D eigenvalue weighted by Gasteiger charge is -2.39. The monoisotopic (exact) mass is 324 g/mol. The molecule has 0 bridgehead atoms. The van der Waals surface area contributed by atoms with E-state index < -0.39 is 0 Å². The summed E-state index contributed by atoms with van der Waals surface area (Å²) >= 11 is 0. The van der Waals surface area contributed by atoms with E-state index in [9.17, 15) is 0 Å². The Kier molecular flexibility index (Phi) is 5.48. The maximum atomic E-state index is 6.11. The Morgan fingerprint density at radius 1 is 0.958 bits per heavy atom. The van der Waals surface area contributed by atoms with Crippen molar-refractivity contribution >= 4 is 5.82 Å². The number of rotatable bonds is 5. The van der Waals surface area contributed by atoms with E-state index in [4.69, 9.17) is 5.73 Å². The van der Waals surface area contributed by atoms with Crippen molar-refractivity contribution in [3.63, 3.8) is 0 Å². The fourth-order valence-electron chi connectivity index (χ4n) is 3.40. The Bertz CT molecular complexity index is 616. The second-order valence-corrected chi connectivity index (χ2v) is 6.78. The van der Waals surface area contributed by atoms with Gasteiger partial charge < -0.3 is 10.6 Å². The van der Waals surface area contributed by atoms with Crippen LogP contribution in [0.4, 0.5) is 5.82 Å². The molecule has 1 saturated heterocycles. The van der Waals surface area contributed by atoms with Gasteiger partial charge in [-0.1, -0.05) is 44.2 Å². The van der Waals surface area contributed by atoms with Crippen LogP contribution < -0.4 is 10.6 Å². The van der Waals surface area contributed by atoms with Gasteiger partial charge in [0.25, 0.3) is 0 Å². The molecular weight excluding hydrogens is 296 g/mol. The van der Waals surface area contributed by atoms with Crippen LogP contribution in [0.15, 0.2) is 48.7 Å². The van der Waals surface area contributed by atoms with E-state index in [1.165, 1.54) is 11.1 Å². The lowest BCUT2D eigenvalue weighted by atomic mass is 9.98. The number of pyridine rings is 1. The summed E-state index contributed by atoms with van der Waals surface area (Å²) < 4.78 is 0. The summed E-state index contributed by atoms with van der Waals surface area (Å²) in [5.41, 5.74) is 8.82. The summed E-state index contributed by atoms with van der Waals surface area (Å²) in [5, 5.41) is 0. The summed E-state index contributed by atoms with van der Waals surface area (Å²) in [5.74, 6) is 1.64. The standard InChI is InChI=1S/C20H28N4/c1-16(2)17-6-8-18(9-7-17)19(15-21)23-11-13-24(14-12-23)20-5-3-4-10-22-20/h3-10,16,19H,11-15,21H2,1-2H3. The fourth-order valence-corrected chi connectivity index (χ4v) is 3.40. The van der Waals surface area contributed by atoms with Crippen LogP contribution in [0, 0.1) is 0 Å². The van der Waals surface area contributed by atoms with Gasteiger partial charge in [-0.05, 0) is 29.2 Å². The number of hydrogen-bond donors (Lipinski definition) is 1. The van der Waals surface area contributed by atoms with Crippen LogP contribution in [0.2, 0.25) is 0 Å². The predicted molar refractivity (Wildman–Crippen MR) is 100 cm³/mol. The summed E-state index contributed by atoms with van der Waals surface area (Å²) in [4.78, 5) is 9.32. The van der Waals surface area contributed by atoms with E-state index in [1.54, 1.807) is 0 Å². The minimum absolute atomic E-state index is 0.303. The number of aromatic nitrogens is 1. The van der Waals surface area contributed by atoms with Crippen molar-refractivity contribution in [1.82, 2.24) is 9.88 Å². The van der Waals surface area contributed by atoms with Gasteiger partial charge >= 0.3 is 0 Å². The highest BCUT2D eigenvalue weighted by Gasteiger charge is 2.24. The second-order valence-electron chi connectivity index (χ2n) is 6.78. The molecule has 1 unspecified atom stereocenters. The Labute approximate surface area is 145 Å². The molecule has 4 heteroatoms. The molecule has 0 amide bonds. The highest BCUT2D eigenvalue weighted by atomic mass is 15.3. The van der Waals surface area contributed by atoms with E-state index in [0.717, 1.165) is 32.0 Å². The molecule has 3 rings (SSSR count). The van der Waals surface area contributed by atoms with E-state index in [2.05, 4.69) is 59.0 Å². The zero-order chi connectivity index (χ0) is 16.9. The van der Waals surface area contributed by atoms with Crippen LogP contribution in [0.25, 0.3) is 0 Å². The molecule has 2 N–H and O–H groups in total. The van der Waals surface area contributed by atoms with Gasteiger partial charge in [0.15, 0.2) is 0 Å². The third-order valence-corrected chi connectivity index (χ3v) is 4.94. The quantitative estimate of drug-likeness (QED) is 0.918. The molecule has 2 heterocycles. The van der Waals surface area contributed by atoms with Gasteiger partial charge in [0, 0.05) is 45.0 Å². The lowest BCUT2D eigenvalue weighted by Crippen LogP contribution is -2.49. The summed E-state index contributed by atoms with van der Waals surface area (Å²) in [6.07, 6.45) is 1.86. The molecule has 1 aliphatic heterocycles. The van der Waals surface area contributed by atoms with Crippen molar-refractivity contribution in [3.8, 4) is 0 Å². The van der Waals surface area contributed by atoms with Crippen molar-refractivity contribution < 1.29 is 0 Å². The maximum Gasteiger partial charge on any atom is 0.128 e. The van der Waals surface area contributed by atoms with Gasteiger partial charge in [-0.2, -0.15) is 0 Å². The Balaban J connectivity index is 1.65. The lowest BCUT2D eigenvalue weighted by molar-refractivity contribution is 0.190. The fraction of sp³-hybridized carbons (Fsp3) is 0.450.